The normalized spacial score (nSPS) is 11.7. The van der Waals surface area contributed by atoms with Gasteiger partial charge < -0.3 is 20.1 Å². The Morgan fingerprint density at radius 3 is 2.00 bits per heavy atom. The monoisotopic (exact) mass is 452 g/mol. The van der Waals surface area contributed by atoms with E-state index >= 15 is 0 Å². The Hall–Kier alpha value is -2.44. The molecule has 6 nitrogen and oxygen atoms in total. The van der Waals surface area contributed by atoms with Crippen LogP contribution in [0.25, 0.3) is 0 Å². The quantitative estimate of drug-likeness (QED) is 0.599. The van der Waals surface area contributed by atoms with Crippen molar-refractivity contribution in [3.05, 3.63) is 57.6 Å². The average molecular weight is 453 g/mol. The van der Waals surface area contributed by atoms with E-state index in [1.165, 1.54) is 14.2 Å². The van der Waals surface area contributed by atoms with Gasteiger partial charge in [-0.25, -0.2) is 0 Å². The fourth-order valence-electron chi connectivity index (χ4n) is 2.89. The van der Waals surface area contributed by atoms with E-state index in [0.717, 1.165) is 5.56 Å². The first-order chi connectivity index (χ1) is 14.2. The van der Waals surface area contributed by atoms with Gasteiger partial charge in [0.1, 0.15) is 17.5 Å². The Morgan fingerprint density at radius 2 is 1.50 bits per heavy atom. The first kappa shape index (κ1) is 23.8. The molecule has 0 aliphatic heterocycles. The molecular weight excluding hydrogens is 427 g/mol. The van der Waals surface area contributed by atoms with Gasteiger partial charge in [0.25, 0.3) is 5.91 Å². The first-order valence-electron chi connectivity index (χ1n) is 9.50. The summed E-state index contributed by atoms with van der Waals surface area (Å²) in [7, 11) is 3.02. The van der Waals surface area contributed by atoms with Crippen LogP contribution in [0.5, 0.6) is 11.5 Å². The zero-order valence-electron chi connectivity index (χ0n) is 17.4. The number of halogens is 2. The molecule has 0 fully saturated rings. The van der Waals surface area contributed by atoms with Crippen LogP contribution in [0, 0.1) is 5.92 Å². The zero-order chi connectivity index (χ0) is 22.3. The van der Waals surface area contributed by atoms with Crippen molar-refractivity contribution in [2.75, 3.05) is 20.8 Å². The van der Waals surface area contributed by atoms with Gasteiger partial charge in [0, 0.05) is 28.2 Å². The Morgan fingerprint density at radius 1 is 0.933 bits per heavy atom. The number of nitrogens with one attached hydrogen (secondary N) is 2. The van der Waals surface area contributed by atoms with Crippen LogP contribution < -0.4 is 20.1 Å². The number of hydrogen-bond donors (Lipinski definition) is 2. The van der Waals surface area contributed by atoms with Crippen molar-refractivity contribution in [2.24, 2.45) is 5.92 Å². The fraction of sp³-hybridized carbons (Fsp3) is 0.364. The maximum absolute atomic E-state index is 12.7. The molecular formula is C22H26Cl2N2O4. The lowest BCUT2D eigenvalue weighted by molar-refractivity contribution is -0.123. The third-order valence-corrected chi connectivity index (χ3v) is 4.92. The van der Waals surface area contributed by atoms with Gasteiger partial charge in [-0.15, -0.1) is 0 Å². The lowest BCUT2D eigenvalue weighted by atomic mass is 10.0. The highest BCUT2D eigenvalue weighted by atomic mass is 35.5. The molecule has 162 valence electrons. The van der Waals surface area contributed by atoms with Crippen molar-refractivity contribution in [3.8, 4) is 11.5 Å². The van der Waals surface area contributed by atoms with Gasteiger partial charge in [-0.2, -0.15) is 0 Å². The van der Waals surface area contributed by atoms with Gasteiger partial charge in [0.05, 0.1) is 14.2 Å². The SMILES string of the molecule is COc1cc(OC)cc(C(=O)NC(C(=O)NCCc2cc(Cl)cc(Cl)c2)C(C)C)c1. The average Bonchev–Trinajstić information content (AvgIpc) is 2.70. The molecule has 0 aliphatic carbocycles. The van der Waals surface area contributed by atoms with E-state index in [2.05, 4.69) is 10.6 Å². The van der Waals surface area contributed by atoms with Crippen molar-refractivity contribution >= 4 is 35.0 Å². The van der Waals surface area contributed by atoms with Crippen LogP contribution in [-0.2, 0) is 11.2 Å². The van der Waals surface area contributed by atoms with Gasteiger partial charge in [0.15, 0.2) is 0 Å². The topological polar surface area (TPSA) is 76.7 Å². The molecule has 0 saturated carbocycles. The lowest BCUT2D eigenvalue weighted by Gasteiger charge is -2.22. The second-order valence-electron chi connectivity index (χ2n) is 7.12. The van der Waals surface area contributed by atoms with E-state index in [-0.39, 0.29) is 17.7 Å². The van der Waals surface area contributed by atoms with Crippen molar-refractivity contribution < 1.29 is 19.1 Å². The van der Waals surface area contributed by atoms with Gasteiger partial charge in [-0.3, -0.25) is 9.59 Å². The van der Waals surface area contributed by atoms with Crippen molar-refractivity contribution in [2.45, 2.75) is 26.3 Å². The van der Waals surface area contributed by atoms with Gasteiger partial charge in [-0.05, 0) is 48.2 Å². The van der Waals surface area contributed by atoms with E-state index in [0.29, 0.717) is 40.1 Å². The highest BCUT2D eigenvalue weighted by Gasteiger charge is 2.25. The van der Waals surface area contributed by atoms with E-state index in [9.17, 15) is 9.59 Å². The second-order valence-corrected chi connectivity index (χ2v) is 7.99. The number of methoxy groups -OCH3 is 2. The van der Waals surface area contributed by atoms with Crippen LogP contribution in [0.2, 0.25) is 10.0 Å². The molecule has 0 radical (unpaired) electrons. The summed E-state index contributed by atoms with van der Waals surface area (Å²) in [4.78, 5) is 25.4. The number of rotatable bonds is 9. The number of carbonyl (C=O) groups is 2. The Labute approximate surface area is 186 Å². The maximum atomic E-state index is 12.7. The Balaban J connectivity index is 2.02. The highest BCUT2D eigenvalue weighted by molar-refractivity contribution is 6.34. The Bertz CT molecular complexity index is 860. The first-order valence-corrected chi connectivity index (χ1v) is 10.3. The fourth-order valence-corrected chi connectivity index (χ4v) is 3.46. The van der Waals surface area contributed by atoms with Crippen LogP contribution in [0.3, 0.4) is 0 Å². The maximum Gasteiger partial charge on any atom is 0.252 e. The largest absolute Gasteiger partial charge is 0.497 e. The third kappa shape index (κ3) is 6.82. The summed E-state index contributed by atoms with van der Waals surface area (Å²) in [6.45, 7) is 4.13. The Kier molecular flexibility index (Phi) is 8.81. The third-order valence-electron chi connectivity index (χ3n) is 4.48. The molecule has 0 spiro atoms. The molecule has 0 aromatic heterocycles. The predicted molar refractivity (Wildman–Crippen MR) is 119 cm³/mol. The van der Waals surface area contributed by atoms with Crippen LogP contribution in [0.4, 0.5) is 0 Å². The van der Waals surface area contributed by atoms with Crippen molar-refractivity contribution in [1.29, 1.82) is 0 Å². The number of amides is 2. The minimum Gasteiger partial charge on any atom is -0.497 e. The van der Waals surface area contributed by atoms with E-state index < -0.39 is 6.04 Å². The van der Waals surface area contributed by atoms with Gasteiger partial charge in [0.2, 0.25) is 5.91 Å². The molecule has 1 unspecified atom stereocenters. The van der Waals surface area contributed by atoms with E-state index in [1.807, 2.05) is 13.8 Å². The molecule has 2 aromatic rings. The second kappa shape index (κ2) is 11.1. The minimum atomic E-state index is -0.697. The molecule has 0 bridgehead atoms. The van der Waals surface area contributed by atoms with Gasteiger partial charge in [-0.1, -0.05) is 37.0 Å². The summed E-state index contributed by atoms with van der Waals surface area (Å²) < 4.78 is 10.4. The molecule has 0 saturated heterocycles. The minimum absolute atomic E-state index is 0.109. The number of carbonyl (C=O) groups excluding carboxylic acids is 2. The molecule has 8 heteroatoms. The molecule has 2 N–H and O–H groups in total. The molecule has 1 atom stereocenters. The zero-order valence-corrected chi connectivity index (χ0v) is 18.9. The van der Waals surface area contributed by atoms with Gasteiger partial charge >= 0.3 is 0 Å². The predicted octanol–water partition coefficient (Wildman–Crippen LogP) is 4.12. The van der Waals surface area contributed by atoms with Crippen LogP contribution in [0.1, 0.15) is 29.8 Å². The summed E-state index contributed by atoms with van der Waals surface area (Å²) in [6.07, 6.45) is 0.567. The highest BCUT2D eigenvalue weighted by Crippen LogP contribution is 2.23. The van der Waals surface area contributed by atoms with Crippen LogP contribution in [-0.4, -0.2) is 38.6 Å². The number of hydrogen-bond acceptors (Lipinski definition) is 4. The molecule has 2 amide bonds. The number of ether oxygens (including phenoxy) is 2. The smallest absolute Gasteiger partial charge is 0.252 e. The lowest BCUT2D eigenvalue weighted by Crippen LogP contribution is -2.50. The molecule has 2 aromatic carbocycles. The van der Waals surface area contributed by atoms with E-state index in [1.54, 1.807) is 36.4 Å². The molecule has 2 rings (SSSR count). The van der Waals surface area contributed by atoms with Crippen LogP contribution >= 0.6 is 23.2 Å². The molecule has 30 heavy (non-hydrogen) atoms. The van der Waals surface area contributed by atoms with Crippen LogP contribution in [0.15, 0.2) is 36.4 Å². The molecule has 0 aliphatic rings. The van der Waals surface area contributed by atoms with E-state index in [4.69, 9.17) is 32.7 Å². The van der Waals surface area contributed by atoms with Crippen molar-refractivity contribution in [1.82, 2.24) is 10.6 Å². The molecule has 0 heterocycles. The summed E-state index contributed by atoms with van der Waals surface area (Å²) in [5.74, 6) is 0.224. The van der Waals surface area contributed by atoms with Crippen molar-refractivity contribution in [3.63, 3.8) is 0 Å². The standard InChI is InChI=1S/C22H26Cl2N2O4/c1-13(2)20(22(28)25-6-5-14-7-16(23)11-17(24)8-14)26-21(27)15-9-18(29-3)12-19(10-15)30-4/h7-13,20H,5-6H2,1-4H3,(H,25,28)(H,26,27). The number of benzene rings is 2. The summed E-state index contributed by atoms with van der Waals surface area (Å²) in [5.41, 5.74) is 1.26. The summed E-state index contributed by atoms with van der Waals surface area (Å²) in [5, 5.41) is 6.75. The summed E-state index contributed by atoms with van der Waals surface area (Å²) in [6, 6.07) is 9.42. The summed E-state index contributed by atoms with van der Waals surface area (Å²) >= 11 is 12.0.